The largest absolute Gasteiger partial charge is 0.446 e. The molecular formula is C20H29NO2. The number of fused-ring (bicyclic) bond motifs is 1. The lowest BCUT2D eigenvalue weighted by molar-refractivity contribution is 0.00494. The number of aryl methyl sites for hydroxylation is 1. The molecule has 2 aliphatic rings. The maximum absolute atomic E-state index is 12.4. The number of alkyl carbamates (subject to hydrolysis) is 1. The molecule has 0 spiro atoms. The Balaban J connectivity index is 1.60. The Labute approximate surface area is 139 Å². The fourth-order valence-electron chi connectivity index (χ4n) is 4.27. The van der Waals surface area contributed by atoms with Crippen molar-refractivity contribution in [2.24, 2.45) is 17.8 Å². The van der Waals surface area contributed by atoms with Crippen molar-refractivity contribution in [2.75, 3.05) is 0 Å². The molecule has 0 saturated heterocycles. The molecule has 4 unspecified atom stereocenters. The molecule has 3 nitrogen and oxygen atoms in total. The SMILES string of the molecule is CC1CCC(C(C)C)C(OC(=O)NC2CCc3ccccc32)C1. The molecule has 1 N–H and O–H groups in total. The Hall–Kier alpha value is -1.51. The minimum atomic E-state index is -0.239. The summed E-state index contributed by atoms with van der Waals surface area (Å²) < 4.78 is 5.86. The number of benzene rings is 1. The molecule has 0 radical (unpaired) electrons. The fourth-order valence-corrected chi connectivity index (χ4v) is 4.27. The normalized spacial score (nSPS) is 30.1. The van der Waals surface area contributed by atoms with Gasteiger partial charge in [-0.25, -0.2) is 4.79 Å². The second-order valence-corrected chi connectivity index (χ2v) is 7.70. The van der Waals surface area contributed by atoms with Gasteiger partial charge in [-0.05, 0) is 54.6 Å². The van der Waals surface area contributed by atoms with Gasteiger partial charge in [-0.3, -0.25) is 0 Å². The molecule has 1 saturated carbocycles. The summed E-state index contributed by atoms with van der Waals surface area (Å²) in [4.78, 5) is 12.4. The average molecular weight is 315 g/mol. The van der Waals surface area contributed by atoms with Crippen molar-refractivity contribution >= 4 is 6.09 Å². The summed E-state index contributed by atoms with van der Waals surface area (Å²) in [6.07, 6.45) is 5.26. The molecule has 3 heteroatoms. The molecule has 0 bridgehead atoms. The lowest BCUT2D eigenvalue weighted by Crippen LogP contribution is -2.39. The van der Waals surface area contributed by atoms with Crippen LogP contribution < -0.4 is 5.32 Å². The van der Waals surface area contributed by atoms with Crippen LogP contribution in [0.3, 0.4) is 0 Å². The minimum Gasteiger partial charge on any atom is -0.446 e. The number of carbonyl (C=O) groups is 1. The van der Waals surface area contributed by atoms with Gasteiger partial charge >= 0.3 is 6.09 Å². The monoisotopic (exact) mass is 315 g/mol. The lowest BCUT2D eigenvalue weighted by Gasteiger charge is -2.36. The van der Waals surface area contributed by atoms with Gasteiger partial charge in [0.1, 0.15) is 6.10 Å². The molecular weight excluding hydrogens is 286 g/mol. The Morgan fingerprint density at radius 2 is 2.00 bits per heavy atom. The van der Waals surface area contributed by atoms with Gasteiger partial charge in [0.2, 0.25) is 0 Å². The van der Waals surface area contributed by atoms with Crippen LogP contribution >= 0.6 is 0 Å². The number of amides is 1. The molecule has 1 aromatic carbocycles. The van der Waals surface area contributed by atoms with Crippen LogP contribution in [0.15, 0.2) is 24.3 Å². The van der Waals surface area contributed by atoms with E-state index in [0.717, 1.165) is 19.3 Å². The van der Waals surface area contributed by atoms with Gasteiger partial charge in [0.05, 0.1) is 6.04 Å². The van der Waals surface area contributed by atoms with E-state index in [1.807, 2.05) is 6.07 Å². The quantitative estimate of drug-likeness (QED) is 0.865. The number of nitrogens with one attached hydrogen (secondary N) is 1. The third-order valence-corrected chi connectivity index (χ3v) is 5.64. The standard InChI is InChI=1S/C20H29NO2/c1-13(2)16-10-8-14(3)12-19(16)23-20(22)21-18-11-9-15-6-4-5-7-17(15)18/h4-7,13-14,16,18-19H,8-12H2,1-3H3,(H,21,22). The molecule has 1 aromatic rings. The molecule has 3 rings (SSSR count). The molecule has 2 aliphatic carbocycles. The number of ether oxygens (including phenoxy) is 1. The topological polar surface area (TPSA) is 38.3 Å². The molecule has 126 valence electrons. The molecule has 1 amide bonds. The highest BCUT2D eigenvalue weighted by molar-refractivity contribution is 5.68. The first-order valence-corrected chi connectivity index (χ1v) is 9.09. The van der Waals surface area contributed by atoms with Gasteiger partial charge in [-0.1, -0.05) is 51.5 Å². The van der Waals surface area contributed by atoms with Crippen molar-refractivity contribution in [1.82, 2.24) is 5.32 Å². The van der Waals surface area contributed by atoms with E-state index in [4.69, 9.17) is 4.74 Å². The Bertz CT molecular complexity index is 554. The van der Waals surface area contributed by atoms with Gasteiger partial charge in [0, 0.05) is 0 Å². The van der Waals surface area contributed by atoms with Crippen molar-refractivity contribution in [2.45, 2.75) is 65.0 Å². The summed E-state index contributed by atoms with van der Waals surface area (Å²) in [7, 11) is 0. The minimum absolute atomic E-state index is 0.0652. The van der Waals surface area contributed by atoms with Crippen molar-refractivity contribution in [3.05, 3.63) is 35.4 Å². The highest BCUT2D eigenvalue weighted by Gasteiger charge is 2.34. The average Bonchev–Trinajstić information content (AvgIpc) is 2.90. The van der Waals surface area contributed by atoms with Gasteiger partial charge < -0.3 is 10.1 Å². The predicted molar refractivity (Wildman–Crippen MR) is 92.3 cm³/mol. The number of hydrogen-bond acceptors (Lipinski definition) is 2. The van der Waals surface area contributed by atoms with Gasteiger partial charge in [-0.2, -0.15) is 0 Å². The first kappa shape index (κ1) is 16.4. The molecule has 0 aliphatic heterocycles. The first-order valence-electron chi connectivity index (χ1n) is 9.09. The van der Waals surface area contributed by atoms with Crippen LogP contribution in [-0.4, -0.2) is 12.2 Å². The van der Waals surface area contributed by atoms with Crippen LogP contribution in [0.5, 0.6) is 0 Å². The maximum atomic E-state index is 12.4. The van der Waals surface area contributed by atoms with E-state index in [1.165, 1.54) is 24.0 Å². The molecule has 0 aromatic heterocycles. The molecule has 1 fully saturated rings. The highest BCUT2D eigenvalue weighted by Crippen LogP contribution is 2.36. The molecule has 4 atom stereocenters. The first-order chi connectivity index (χ1) is 11.0. The van der Waals surface area contributed by atoms with Gasteiger partial charge in [0.15, 0.2) is 0 Å². The number of carbonyl (C=O) groups excluding carboxylic acids is 1. The summed E-state index contributed by atoms with van der Waals surface area (Å²) in [6, 6.07) is 8.49. The van der Waals surface area contributed by atoms with Crippen molar-refractivity contribution < 1.29 is 9.53 Å². The zero-order chi connectivity index (χ0) is 16.4. The van der Waals surface area contributed by atoms with E-state index in [9.17, 15) is 4.79 Å². The van der Waals surface area contributed by atoms with Crippen LogP contribution in [0.1, 0.15) is 63.6 Å². The van der Waals surface area contributed by atoms with Crippen molar-refractivity contribution in [3.8, 4) is 0 Å². The molecule has 23 heavy (non-hydrogen) atoms. The fraction of sp³-hybridized carbons (Fsp3) is 0.650. The molecule has 0 heterocycles. The van der Waals surface area contributed by atoms with Crippen LogP contribution in [0, 0.1) is 17.8 Å². The van der Waals surface area contributed by atoms with E-state index in [-0.39, 0.29) is 18.2 Å². The van der Waals surface area contributed by atoms with Gasteiger partial charge in [-0.15, -0.1) is 0 Å². The maximum Gasteiger partial charge on any atom is 0.407 e. The summed E-state index contributed by atoms with van der Waals surface area (Å²) >= 11 is 0. The number of hydrogen-bond donors (Lipinski definition) is 1. The second kappa shape index (κ2) is 6.94. The van der Waals surface area contributed by atoms with Crippen LogP contribution in [0.4, 0.5) is 4.79 Å². The Morgan fingerprint density at radius 3 is 2.78 bits per heavy atom. The number of rotatable bonds is 3. The van der Waals surface area contributed by atoms with E-state index >= 15 is 0 Å². The zero-order valence-corrected chi connectivity index (χ0v) is 14.5. The Kier molecular flexibility index (Phi) is 4.93. The summed E-state index contributed by atoms with van der Waals surface area (Å²) in [6.45, 7) is 6.74. The predicted octanol–water partition coefficient (Wildman–Crippen LogP) is 4.86. The third kappa shape index (κ3) is 3.70. The van der Waals surface area contributed by atoms with Crippen LogP contribution in [0.25, 0.3) is 0 Å². The van der Waals surface area contributed by atoms with E-state index in [1.54, 1.807) is 0 Å². The van der Waals surface area contributed by atoms with Gasteiger partial charge in [0.25, 0.3) is 0 Å². The lowest BCUT2D eigenvalue weighted by atomic mass is 9.75. The summed E-state index contributed by atoms with van der Waals surface area (Å²) in [5.74, 6) is 1.70. The Morgan fingerprint density at radius 1 is 1.22 bits per heavy atom. The summed E-state index contributed by atoms with van der Waals surface area (Å²) in [5.41, 5.74) is 2.60. The second-order valence-electron chi connectivity index (χ2n) is 7.70. The van der Waals surface area contributed by atoms with Crippen molar-refractivity contribution in [3.63, 3.8) is 0 Å². The smallest absolute Gasteiger partial charge is 0.407 e. The highest BCUT2D eigenvalue weighted by atomic mass is 16.6. The van der Waals surface area contributed by atoms with E-state index < -0.39 is 0 Å². The van der Waals surface area contributed by atoms with Crippen LogP contribution in [0.2, 0.25) is 0 Å². The third-order valence-electron chi connectivity index (χ3n) is 5.64. The van der Waals surface area contributed by atoms with E-state index in [0.29, 0.717) is 17.8 Å². The van der Waals surface area contributed by atoms with Crippen molar-refractivity contribution in [1.29, 1.82) is 0 Å². The summed E-state index contributed by atoms with van der Waals surface area (Å²) in [5, 5.41) is 3.10. The van der Waals surface area contributed by atoms with E-state index in [2.05, 4.69) is 44.3 Å². The van der Waals surface area contributed by atoms with Crippen LogP contribution in [-0.2, 0) is 11.2 Å². The zero-order valence-electron chi connectivity index (χ0n) is 14.5.